The van der Waals surface area contributed by atoms with Crippen molar-refractivity contribution in [2.24, 2.45) is 0 Å². The third kappa shape index (κ3) is 5.12. The van der Waals surface area contributed by atoms with E-state index in [2.05, 4.69) is 4.98 Å². The summed E-state index contributed by atoms with van der Waals surface area (Å²) in [5.74, 6) is 0.267. The molecule has 0 spiro atoms. The van der Waals surface area contributed by atoms with Crippen molar-refractivity contribution in [1.82, 2.24) is 4.98 Å². The Kier molecular flexibility index (Phi) is 6.50. The molecule has 0 radical (unpaired) electrons. The number of aryl methyl sites for hydroxylation is 3. The van der Waals surface area contributed by atoms with E-state index >= 15 is 0 Å². The minimum Gasteiger partial charge on any atom is -0.507 e. The normalized spacial score (nSPS) is 12.7. The van der Waals surface area contributed by atoms with Crippen LogP contribution in [0.25, 0.3) is 11.1 Å². The van der Waals surface area contributed by atoms with Crippen LogP contribution in [0.1, 0.15) is 40.9 Å². The highest BCUT2D eigenvalue weighted by atomic mass is 32.2. The molecular formula is C23H22F3NO3S. The number of hydrogen-bond acceptors (Lipinski definition) is 5. The number of thioether (sulfide) groups is 1. The third-order valence-corrected chi connectivity index (χ3v) is 6.11. The molecule has 1 N–H and O–H groups in total. The summed E-state index contributed by atoms with van der Waals surface area (Å²) >= 11 is 1.24. The van der Waals surface area contributed by atoms with Crippen LogP contribution in [-0.2, 0) is 6.18 Å². The van der Waals surface area contributed by atoms with Crippen LogP contribution >= 0.6 is 11.8 Å². The number of benzene rings is 1. The lowest BCUT2D eigenvalue weighted by Crippen LogP contribution is -2.10. The predicted octanol–water partition coefficient (Wildman–Crippen LogP) is 6.25. The number of aromatic hydroxyl groups is 1. The number of halogens is 3. The van der Waals surface area contributed by atoms with Gasteiger partial charge in [0.05, 0.1) is 10.6 Å². The van der Waals surface area contributed by atoms with Crippen molar-refractivity contribution in [3.63, 3.8) is 0 Å². The van der Waals surface area contributed by atoms with Crippen molar-refractivity contribution in [2.45, 2.75) is 44.8 Å². The molecule has 1 unspecified atom stereocenters. The summed E-state index contributed by atoms with van der Waals surface area (Å²) in [6.07, 6.45) is -3.64. The highest BCUT2D eigenvalue weighted by Gasteiger charge is 2.30. The minimum atomic E-state index is -4.43. The van der Waals surface area contributed by atoms with E-state index in [1.54, 1.807) is 6.92 Å². The number of nitrogens with zero attached hydrogens (tertiary/aromatic N) is 1. The summed E-state index contributed by atoms with van der Waals surface area (Å²) in [6.45, 7) is 7.51. The van der Waals surface area contributed by atoms with Crippen molar-refractivity contribution < 1.29 is 22.7 Å². The number of rotatable bonds is 5. The van der Waals surface area contributed by atoms with Gasteiger partial charge in [-0.2, -0.15) is 13.2 Å². The molecule has 2 heterocycles. The van der Waals surface area contributed by atoms with Gasteiger partial charge in [0, 0.05) is 23.9 Å². The van der Waals surface area contributed by atoms with E-state index in [1.807, 2.05) is 32.9 Å². The van der Waals surface area contributed by atoms with E-state index < -0.39 is 17.4 Å². The quantitative estimate of drug-likeness (QED) is 0.467. The maximum atomic E-state index is 12.7. The molecule has 2 aromatic heterocycles. The second-order valence-corrected chi connectivity index (χ2v) is 8.61. The smallest absolute Gasteiger partial charge is 0.417 e. The van der Waals surface area contributed by atoms with Crippen LogP contribution in [0.4, 0.5) is 13.2 Å². The average molecular weight is 449 g/mol. The van der Waals surface area contributed by atoms with Gasteiger partial charge in [-0.25, -0.2) is 9.78 Å². The fourth-order valence-electron chi connectivity index (χ4n) is 3.47. The molecule has 1 atom stereocenters. The lowest BCUT2D eigenvalue weighted by Gasteiger charge is -2.15. The van der Waals surface area contributed by atoms with Crippen molar-refractivity contribution in [3.8, 4) is 16.9 Å². The monoisotopic (exact) mass is 449 g/mol. The van der Waals surface area contributed by atoms with Crippen LogP contribution in [0, 0.1) is 20.8 Å². The Balaban J connectivity index is 1.81. The van der Waals surface area contributed by atoms with E-state index in [4.69, 9.17) is 4.42 Å². The van der Waals surface area contributed by atoms with Gasteiger partial charge in [0.15, 0.2) is 0 Å². The van der Waals surface area contributed by atoms with E-state index in [9.17, 15) is 23.1 Å². The first kappa shape index (κ1) is 22.9. The highest BCUT2D eigenvalue weighted by Crippen LogP contribution is 2.35. The lowest BCUT2D eigenvalue weighted by atomic mass is 9.94. The predicted molar refractivity (Wildman–Crippen MR) is 115 cm³/mol. The number of pyridine rings is 1. The Morgan fingerprint density at radius 1 is 1.10 bits per heavy atom. The van der Waals surface area contributed by atoms with Crippen LogP contribution in [0.15, 0.2) is 50.8 Å². The summed E-state index contributed by atoms with van der Waals surface area (Å²) in [5, 5.41) is 11.0. The fraction of sp³-hybridized carbons (Fsp3) is 0.304. The first-order valence-corrected chi connectivity index (χ1v) is 10.6. The van der Waals surface area contributed by atoms with Gasteiger partial charge in [-0.3, -0.25) is 0 Å². The molecular weight excluding hydrogens is 427 g/mol. The number of hydrogen-bond donors (Lipinski definition) is 1. The Morgan fingerprint density at radius 2 is 1.74 bits per heavy atom. The molecule has 0 saturated carbocycles. The molecule has 31 heavy (non-hydrogen) atoms. The van der Waals surface area contributed by atoms with E-state index in [0.29, 0.717) is 22.1 Å². The average Bonchev–Trinajstić information content (AvgIpc) is 2.67. The van der Waals surface area contributed by atoms with Gasteiger partial charge in [0.2, 0.25) is 0 Å². The molecule has 0 aliphatic carbocycles. The van der Waals surface area contributed by atoms with Crippen LogP contribution < -0.4 is 5.63 Å². The number of alkyl halides is 3. The van der Waals surface area contributed by atoms with Gasteiger partial charge in [0.25, 0.3) is 0 Å². The van der Waals surface area contributed by atoms with Gasteiger partial charge in [0.1, 0.15) is 17.1 Å². The largest absolute Gasteiger partial charge is 0.507 e. The molecule has 0 saturated heterocycles. The zero-order valence-electron chi connectivity index (χ0n) is 17.5. The minimum absolute atomic E-state index is 0.128. The highest BCUT2D eigenvalue weighted by molar-refractivity contribution is 7.99. The second kappa shape index (κ2) is 8.78. The van der Waals surface area contributed by atoms with Gasteiger partial charge < -0.3 is 9.52 Å². The third-order valence-electron chi connectivity index (χ3n) is 4.91. The maximum absolute atomic E-state index is 12.7. The van der Waals surface area contributed by atoms with Crippen LogP contribution in [0.2, 0.25) is 0 Å². The molecule has 0 aliphatic rings. The fourth-order valence-corrected chi connectivity index (χ4v) is 4.35. The van der Waals surface area contributed by atoms with Crippen molar-refractivity contribution in [2.75, 3.05) is 5.75 Å². The van der Waals surface area contributed by atoms with Crippen molar-refractivity contribution in [1.29, 1.82) is 0 Å². The summed E-state index contributed by atoms with van der Waals surface area (Å²) < 4.78 is 43.4. The van der Waals surface area contributed by atoms with Gasteiger partial charge in [-0.1, -0.05) is 24.6 Å². The molecule has 3 aromatic rings. The first-order valence-electron chi connectivity index (χ1n) is 9.58. The van der Waals surface area contributed by atoms with Crippen LogP contribution in [0.5, 0.6) is 5.75 Å². The maximum Gasteiger partial charge on any atom is 0.417 e. The zero-order chi connectivity index (χ0) is 22.9. The Labute approximate surface area is 182 Å². The summed E-state index contributed by atoms with van der Waals surface area (Å²) in [6, 6.07) is 7.59. The molecule has 164 valence electrons. The second-order valence-electron chi connectivity index (χ2n) is 7.57. The zero-order valence-corrected chi connectivity index (χ0v) is 18.3. The van der Waals surface area contributed by atoms with E-state index in [-0.39, 0.29) is 17.2 Å². The SMILES string of the molecule is Cc1cc(C)c(-c2c(O)cc(C(C)CSc3ccc(C(F)(F)F)cn3)oc2=O)c(C)c1. The topological polar surface area (TPSA) is 63.3 Å². The van der Waals surface area contributed by atoms with Crippen molar-refractivity contribution in [3.05, 3.63) is 75.0 Å². The molecule has 0 bridgehead atoms. The summed E-state index contributed by atoms with van der Waals surface area (Å²) in [5.41, 5.74) is 2.13. The lowest BCUT2D eigenvalue weighted by molar-refractivity contribution is -0.137. The summed E-state index contributed by atoms with van der Waals surface area (Å²) in [7, 11) is 0. The van der Waals surface area contributed by atoms with Gasteiger partial charge >= 0.3 is 11.8 Å². The Bertz CT molecular complexity index is 1130. The van der Waals surface area contributed by atoms with Crippen LogP contribution in [0.3, 0.4) is 0 Å². The summed E-state index contributed by atoms with van der Waals surface area (Å²) in [4.78, 5) is 16.5. The first-order chi connectivity index (χ1) is 14.5. The molecule has 4 nitrogen and oxygen atoms in total. The van der Waals surface area contributed by atoms with E-state index in [1.165, 1.54) is 23.9 Å². The van der Waals surface area contributed by atoms with Gasteiger partial charge in [-0.15, -0.1) is 11.8 Å². The molecule has 3 rings (SSSR count). The molecule has 8 heteroatoms. The Morgan fingerprint density at radius 3 is 2.26 bits per heavy atom. The Hall–Kier alpha value is -2.74. The molecule has 0 aliphatic heterocycles. The van der Waals surface area contributed by atoms with Gasteiger partial charge in [-0.05, 0) is 49.6 Å². The van der Waals surface area contributed by atoms with Crippen molar-refractivity contribution >= 4 is 11.8 Å². The molecule has 0 fully saturated rings. The van der Waals surface area contributed by atoms with E-state index in [0.717, 1.165) is 29.0 Å². The molecule has 0 amide bonds. The number of aromatic nitrogens is 1. The van der Waals surface area contributed by atoms with Crippen LogP contribution in [-0.4, -0.2) is 15.8 Å². The molecule has 1 aromatic carbocycles. The standard InChI is InChI=1S/C23H22F3NO3S/c1-12-7-13(2)20(14(3)8-12)21-17(28)9-18(30-22(21)29)15(4)11-31-19-6-5-16(10-27-19)23(24,25)26/h5-10,15,28H,11H2,1-4H3.